The van der Waals surface area contributed by atoms with Gasteiger partial charge in [0, 0.05) is 29.6 Å². The summed E-state index contributed by atoms with van der Waals surface area (Å²) in [6, 6.07) is 11.3. The van der Waals surface area contributed by atoms with Gasteiger partial charge in [0.05, 0.1) is 6.61 Å². The summed E-state index contributed by atoms with van der Waals surface area (Å²) in [5.74, 6) is -1.12. The average Bonchev–Trinajstić information content (AvgIpc) is 3.12. The van der Waals surface area contributed by atoms with Gasteiger partial charge in [-0.05, 0) is 36.1 Å². The molecule has 1 unspecified atom stereocenters. The maximum atomic E-state index is 12.0. The molecule has 0 bridgehead atoms. The van der Waals surface area contributed by atoms with Crippen LogP contribution < -0.4 is 10.6 Å². The Kier molecular flexibility index (Phi) is 6.96. The normalized spacial score (nSPS) is 11.8. The summed E-state index contributed by atoms with van der Waals surface area (Å²) < 4.78 is 5.34. The second-order valence-electron chi connectivity index (χ2n) is 5.42. The molecule has 1 aromatic heterocycles. The zero-order chi connectivity index (χ0) is 17.4. The van der Waals surface area contributed by atoms with E-state index in [1.54, 1.807) is 23.5 Å². The van der Waals surface area contributed by atoms with Gasteiger partial charge < -0.3 is 15.4 Å². The minimum atomic E-state index is -0.665. The van der Waals surface area contributed by atoms with Crippen molar-refractivity contribution in [2.45, 2.75) is 26.4 Å². The molecule has 1 atom stereocenters. The number of hydrogen-bond donors (Lipinski definition) is 2. The molecule has 0 radical (unpaired) electrons. The van der Waals surface area contributed by atoms with E-state index in [9.17, 15) is 9.59 Å². The van der Waals surface area contributed by atoms with Crippen LogP contribution in [-0.2, 0) is 20.9 Å². The number of amides is 2. The molecule has 2 rings (SSSR count). The first-order valence-electron chi connectivity index (χ1n) is 7.89. The fourth-order valence-electron chi connectivity index (χ4n) is 2.14. The molecule has 2 amide bonds. The molecule has 0 saturated heterocycles. The van der Waals surface area contributed by atoms with Gasteiger partial charge in [0.1, 0.15) is 0 Å². The van der Waals surface area contributed by atoms with E-state index in [1.165, 1.54) is 4.88 Å². The molecule has 6 heteroatoms. The zero-order valence-corrected chi connectivity index (χ0v) is 14.7. The summed E-state index contributed by atoms with van der Waals surface area (Å²) in [6.45, 7) is 5.47. The molecule has 0 spiro atoms. The largest absolute Gasteiger partial charge is 0.377 e. The molecule has 0 aliphatic carbocycles. The Morgan fingerprint density at radius 3 is 2.75 bits per heavy atom. The summed E-state index contributed by atoms with van der Waals surface area (Å²) in [6.07, 6.45) is 0. The van der Waals surface area contributed by atoms with Crippen molar-refractivity contribution in [1.29, 1.82) is 0 Å². The minimum absolute atomic E-state index is 0.177. The van der Waals surface area contributed by atoms with Crippen molar-refractivity contribution < 1.29 is 14.3 Å². The smallest absolute Gasteiger partial charge is 0.313 e. The van der Waals surface area contributed by atoms with Crippen LogP contribution in [0.25, 0.3) is 0 Å². The molecule has 5 nitrogen and oxygen atoms in total. The lowest BCUT2D eigenvalue weighted by Crippen LogP contribution is -2.37. The fourth-order valence-corrected chi connectivity index (χ4v) is 2.93. The monoisotopic (exact) mass is 346 g/mol. The fraction of sp³-hybridized carbons (Fsp3) is 0.333. The molecular weight excluding hydrogens is 324 g/mol. The Labute approximate surface area is 146 Å². The van der Waals surface area contributed by atoms with Crippen LogP contribution in [0.5, 0.6) is 0 Å². The van der Waals surface area contributed by atoms with Gasteiger partial charge in [-0.15, -0.1) is 11.3 Å². The lowest BCUT2D eigenvalue weighted by Gasteiger charge is -2.11. The van der Waals surface area contributed by atoms with Gasteiger partial charge in [0.15, 0.2) is 0 Å². The van der Waals surface area contributed by atoms with Crippen LogP contribution in [0.2, 0.25) is 0 Å². The highest BCUT2D eigenvalue weighted by atomic mass is 32.1. The number of carbonyl (C=O) groups excluding carboxylic acids is 2. The van der Waals surface area contributed by atoms with Crippen LogP contribution in [0.4, 0.5) is 5.69 Å². The van der Waals surface area contributed by atoms with Gasteiger partial charge in [0.25, 0.3) is 0 Å². The Morgan fingerprint density at radius 1 is 1.21 bits per heavy atom. The van der Waals surface area contributed by atoms with E-state index >= 15 is 0 Å². The van der Waals surface area contributed by atoms with E-state index in [0.29, 0.717) is 25.4 Å². The van der Waals surface area contributed by atoms with Gasteiger partial charge in [-0.2, -0.15) is 0 Å². The van der Waals surface area contributed by atoms with Crippen LogP contribution >= 0.6 is 11.3 Å². The highest BCUT2D eigenvalue weighted by Crippen LogP contribution is 2.19. The van der Waals surface area contributed by atoms with Gasteiger partial charge in [0.2, 0.25) is 0 Å². The van der Waals surface area contributed by atoms with E-state index in [4.69, 9.17) is 4.74 Å². The lowest BCUT2D eigenvalue weighted by molar-refractivity contribution is -0.136. The van der Waals surface area contributed by atoms with Gasteiger partial charge in [-0.3, -0.25) is 9.59 Å². The number of benzene rings is 1. The van der Waals surface area contributed by atoms with Crippen molar-refractivity contribution in [2.75, 3.05) is 18.5 Å². The Balaban J connectivity index is 1.84. The first-order chi connectivity index (χ1) is 11.6. The number of thiophene rings is 1. The summed E-state index contributed by atoms with van der Waals surface area (Å²) in [5, 5.41) is 7.28. The van der Waals surface area contributed by atoms with Crippen LogP contribution in [-0.4, -0.2) is 25.0 Å². The molecule has 2 aromatic rings. The summed E-state index contributed by atoms with van der Waals surface area (Å²) in [5.41, 5.74) is 1.53. The maximum Gasteiger partial charge on any atom is 0.313 e. The van der Waals surface area contributed by atoms with E-state index in [1.807, 2.05) is 43.5 Å². The van der Waals surface area contributed by atoms with Crippen molar-refractivity contribution >= 4 is 28.8 Å². The van der Waals surface area contributed by atoms with Crippen LogP contribution in [0.3, 0.4) is 0 Å². The van der Waals surface area contributed by atoms with Crippen LogP contribution in [0.15, 0.2) is 41.8 Å². The SMILES string of the molecule is CCOCc1cccc(NC(=O)C(=O)NCC(C)c2cccs2)c1. The first-order valence-corrected chi connectivity index (χ1v) is 8.77. The molecular formula is C18H22N2O3S. The highest BCUT2D eigenvalue weighted by Gasteiger charge is 2.15. The summed E-state index contributed by atoms with van der Waals surface area (Å²) in [4.78, 5) is 25.1. The van der Waals surface area contributed by atoms with Crippen molar-refractivity contribution in [3.05, 3.63) is 52.2 Å². The predicted octanol–water partition coefficient (Wildman–Crippen LogP) is 3.14. The minimum Gasteiger partial charge on any atom is -0.377 e. The molecule has 24 heavy (non-hydrogen) atoms. The second kappa shape index (κ2) is 9.20. The molecule has 1 aromatic carbocycles. The van der Waals surface area contributed by atoms with E-state index in [-0.39, 0.29) is 5.92 Å². The number of rotatable bonds is 7. The van der Waals surface area contributed by atoms with E-state index < -0.39 is 11.8 Å². The van der Waals surface area contributed by atoms with Crippen molar-refractivity contribution in [1.82, 2.24) is 5.32 Å². The molecule has 0 aliphatic rings. The molecule has 0 aliphatic heterocycles. The zero-order valence-electron chi connectivity index (χ0n) is 13.9. The van der Waals surface area contributed by atoms with Gasteiger partial charge >= 0.3 is 11.8 Å². The third-order valence-corrected chi connectivity index (χ3v) is 4.57. The Hall–Kier alpha value is -2.18. The molecule has 1 heterocycles. The van der Waals surface area contributed by atoms with E-state index in [2.05, 4.69) is 10.6 Å². The van der Waals surface area contributed by atoms with Gasteiger partial charge in [-0.25, -0.2) is 0 Å². The summed E-state index contributed by atoms with van der Waals surface area (Å²) in [7, 11) is 0. The van der Waals surface area contributed by atoms with Crippen LogP contribution in [0, 0.1) is 0 Å². The van der Waals surface area contributed by atoms with Crippen molar-refractivity contribution in [3.63, 3.8) is 0 Å². The number of ether oxygens (including phenoxy) is 1. The predicted molar refractivity (Wildman–Crippen MR) is 96.1 cm³/mol. The average molecular weight is 346 g/mol. The second-order valence-corrected chi connectivity index (χ2v) is 6.40. The molecule has 0 saturated carbocycles. The van der Waals surface area contributed by atoms with Crippen molar-refractivity contribution in [2.24, 2.45) is 0 Å². The Morgan fingerprint density at radius 2 is 2.04 bits per heavy atom. The van der Waals surface area contributed by atoms with Crippen LogP contribution in [0.1, 0.15) is 30.2 Å². The highest BCUT2D eigenvalue weighted by molar-refractivity contribution is 7.10. The third-order valence-electron chi connectivity index (χ3n) is 3.46. The molecule has 2 N–H and O–H groups in total. The van der Waals surface area contributed by atoms with E-state index in [0.717, 1.165) is 5.56 Å². The first kappa shape index (κ1) is 18.2. The Bertz CT molecular complexity index is 671. The van der Waals surface area contributed by atoms with Crippen molar-refractivity contribution in [3.8, 4) is 0 Å². The topological polar surface area (TPSA) is 67.4 Å². The number of anilines is 1. The number of carbonyl (C=O) groups is 2. The van der Waals surface area contributed by atoms with Gasteiger partial charge in [-0.1, -0.05) is 25.1 Å². The lowest BCUT2D eigenvalue weighted by atomic mass is 10.1. The third kappa shape index (κ3) is 5.47. The molecule has 128 valence electrons. The summed E-state index contributed by atoms with van der Waals surface area (Å²) >= 11 is 1.64. The molecule has 0 fully saturated rings. The quantitative estimate of drug-likeness (QED) is 0.757. The standard InChI is InChI=1S/C18H22N2O3S/c1-3-23-12-14-6-4-7-15(10-14)20-18(22)17(21)19-11-13(2)16-8-5-9-24-16/h4-10,13H,3,11-12H2,1-2H3,(H,19,21)(H,20,22). The maximum absolute atomic E-state index is 12.0. The number of hydrogen-bond acceptors (Lipinski definition) is 4. The number of nitrogens with one attached hydrogen (secondary N) is 2.